The van der Waals surface area contributed by atoms with E-state index in [1.165, 1.54) is 0 Å². The fourth-order valence-electron chi connectivity index (χ4n) is 1.79. The van der Waals surface area contributed by atoms with E-state index < -0.39 is 10.7 Å². The van der Waals surface area contributed by atoms with Crippen LogP contribution >= 0.6 is 15.9 Å². The van der Waals surface area contributed by atoms with Gasteiger partial charge >= 0.3 is 0 Å². The van der Waals surface area contributed by atoms with Crippen LogP contribution in [0, 0.1) is 15.9 Å². The van der Waals surface area contributed by atoms with Gasteiger partial charge in [0.05, 0.1) is 15.0 Å². The van der Waals surface area contributed by atoms with Gasteiger partial charge in [-0.1, -0.05) is 6.07 Å². The predicted molar refractivity (Wildman–Crippen MR) is 79.4 cm³/mol. The zero-order valence-corrected chi connectivity index (χ0v) is 12.5. The third kappa shape index (κ3) is 3.77. The highest BCUT2D eigenvalue weighted by Crippen LogP contribution is 2.28. The van der Waals surface area contributed by atoms with E-state index in [4.69, 9.17) is 10.5 Å². The quantitative estimate of drug-likeness (QED) is 0.657. The summed E-state index contributed by atoms with van der Waals surface area (Å²) in [6.45, 7) is 0.295. The minimum Gasteiger partial charge on any atom is -0.487 e. The molecule has 0 bridgehead atoms. The number of hydrogen-bond acceptors (Lipinski definition) is 4. The van der Waals surface area contributed by atoms with Crippen molar-refractivity contribution in [3.63, 3.8) is 0 Å². The zero-order valence-electron chi connectivity index (χ0n) is 10.9. The van der Waals surface area contributed by atoms with Gasteiger partial charge < -0.3 is 10.5 Å². The van der Waals surface area contributed by atoms with Crippen LogP contribution < -0.4 is 10.5 Å². The van der Waals surface area contributed by atoms with Crippen LogP contribution in [0.25, 0.3) is 0 Å². The average molecular weight is 355 g/mol. The van der Waals surface area contributed by atoms with Gasteiger partial charge in [0.2, 0.25) is 0 Å². The first-order chi connectivity index (χ1) is 10.0. The smallest absolute Gasteiger partial charge is 0.276 e. The Kier molecular flexibility index (Phi) is 4.87. The van der Waals surface area contributed by atoms with E-state index in [0.717, 1.165) is 23.8 Å². The number of nitro groups is 1. The molecule has 0 saturated carbocycles. The number of ether oxygens (including phenoxy) is 1. The molecule has 2 aromatic carbocycles. The maximum atomic E-state index is 13.2. The summed E-state index contributed by atoms with van der Waals surface area (Å²) in [6, 6.07) is 8.57. The molecule has 0 saturated heterocycles. The summed E-state index contributed by atoms with van der Waals surface area (Å²) in [7, 11) is 0. The van der Waals surface area contributed by atoms with Gasteiger partial charge in [0.1, 0.15) is 18.2 Å². The number of benzene rings is 2. The van der Waals surface area contributed by atoms with E-state index in [1.807, 2.05) is 0 Å². The SMILES string of the molecule is NCc1ccc(OCc2cc(F)ccc2[N+](=O)[O-])c(Br)c1. The number of hydrogen-bond donors (Lipinski definition) is 1. The maximum absolute atomic E-state index is 13.2. The van der Waals surface area contributed by atoms with E-state index in [-0.39, 0.29) is 17.9 Å². The standard InChI is InChI=1S/C14H12BrFN2O3/c15-12-5-9(7-17)1-4-14(12)21-8-10-6-11(16)2-3-13(10)18(19)20/h1-6H,7-8,17H2. The van der Waals surface area contributed by atoms with Crippen LogP contribution in [0.5, 0.6) is 5.75 Å². The molecule has 2 aromatic rings. The van der Waals surface area contributed by atoms with Gasteiger partial charge in [0.15, 0.2) is 0 Å². The van der Waals surface area contributed by atoms with E-state index >= 15 is 0 Å². The Morgan fingerprint density at radius 3 is 2.67 bits per heavy atom. The number of nitro benzene ring substituents is 1. The van der Waals surface area contributed by atoms with Crippen molar-refractivity contribution in [1.82, 2.24) is 0 Å². The summed E-state index contributed by atoms with van der Waals surface area (Å²) in [4.78, 5) is 10.3. The molecule has 0 aromatic heterocycles. The molecule has 0 amide bonds. The van der Waals surface area contributed by atoms with Gasteiger partial charge in [0, 0.05) is 12.6 Å². The molecule has 0 aliphatic carbocycles. The van der Waals surface area contributed by atoms with Crippen molar-refractivity contribution in [3.8, 4) is 5.75 Å². The summed E-state index contributed by atoms with van der Waals surface area (Å²) < 4.78 is 19.4. The van der Waals surface area contributed by atoms with Crippen molar-refractivity contribution in [2.75, 3.05) is 0 Å². The number of halogens is 2. The molecule has 2 rings (SSSR count). The van der Waals surface area contributed by atoms with Crippen molar-refractivity contribution < 1.29 is 14.1 Å². The second-order valence-electron chi connectivity index (χ2n) is 4.29. The van der Waals surface area contributed by atoms with E-state index in [0.29, 0.717) is 16.8 Å². The molecule has 0 unspecified atom stereocenters. The highest BCUT2D eigenvalue weighted by molar-refractivity contribution is 9.10. The molecule has 0 fully saturated rings. The second-order valence-corrected chi connectivity index (χ2v) is 5.14. The van der Waals surface area contributed by atoms with Crippen LogP contribution in [-0.2, 0) is 13.2 Å². The Balaban J connectivity index is 2.20. The normalized spacial score (nSPS) is 10.4. The number of nitrogens with two attached hydrogens (primary N) is 1. The molecule has 0 aliphatic rings. The van der Waals surface area contributed by atoms with Gasteiger partial charge in [0.25, 0.3) is 5.69 Å². The molecule has 110 valence electrons. The lowest BCUT2D eigenvalue weighted by Gasteiger charge is -2.10. The first-order valence-corrected chi connectivity index (χ1v) is 6.84. The minimum absolute atomic E-state index is 0.103. The van der Waals surface area contributed by atoms with Crippen LogP contribution in [0.2, 0.25) is 0 Å². The van der Waals surface area contributed by atoms with Crippen molar-refractivity contribution in [2.24, 2.45) is 5.73 Å². The molecule has 0 aliphatic heterocycles. The minimum atomic E-state index is -0.565. The number of nitrogens with zero attached hydrogens (tertiary/aromatic N) is 1. The van der Waals surface area contributed by atoms with Crippen LogP contribution in [0.15, 0.2) is 40.9 Å². The third-order valence-electron chi connectivity index (χ3n) is 2.85. The molecule has 2 N–H and O–H groups in total. The van der Waals surface area contributed by atoms with Crippen LogP contribution in [0.1, 0.15) is 11.1 Å². The molecule has 0 atom stereocenters. The highest BCUT2D eigenvalue weighted by Gasteiger charge is 2.15. The number of rotatable bonds is 5. The Morgan fingerprint density at radius 1 is 1.29 bits per heavy atom. The van der Waals surface area contributed by atoms with Crippen molar-refractivity contribution in [2.45, 2.75) is 13.2 Å². The summed E-state index contributed by atoms with van der Waals surface area (Å²) in [6.07, 6.45) is 0. The lowest BCUT2D eigenvalue weighted by atomic mass is 10.2. The van der Waals surface area contributed by atoms with Gasteiger partial charge in [-0.2, -0.15) is 0 Å². The molecular weight excluding hydrogens is 343 g/mol. The van der Waals surface area contributed by atoms with Crippen LogP contribution in [-0.4, -0.2) is 4.92 Å². The molecular formula is C14H12BrFN2O3. The van der Waals surface area contributed by atoms with Crippen molar-refractivity contribution in [1.29, 1.82) is 0 Å². The monoisotopic (exact) mass is 354 g/mol. The van der Waals surface area contributed by atoms with E-state index in [2.05, 4.69) is 15.9 Å². The topological polar surface area (TPSA) is 78.4 Å². The summed E-state index contributed by atoms with van der Waals surface area (Å²) in [5, 5.41) is 10.9. The molecule has 0 heterocycles. The fourth-order valence-corrected chi connectivity index (χ4v) is 2.33. The van der Waals surface area contributed by atoms with Crippen molar-refractivity contribution in [3.05, 3.63) is 67.9 Å². The Morgan fingerprint density at radius 2 is 2.05 bits per heavy atom. The van der Waals surface area contributed by atoms with Gasteiger partial charge in [-0.3, -0.25) is 10.1 Å². The zero-order chi connectivity index (χ0) is 15.4. The van der Waals surface area contributed by atoms with E-state index in [1.54, 1.807) is 18.2 Å². The lowest BCUT2D eigenvalue weighted by Crippen LogP contribution is -2.02. The van der Waals surface area contributed by atoms with Gasteiger partial charge in [-0.25, -0.2) is 4.39 Å². The fraction of sp³-hybridized carbons (Fsp3) is 0.143. The van der Waals surface area contributed by atoms with Gasteiger partial charge in [-0.05, 0) is 45.8 Å². The Hall–Kier alpha value is -1.99. The Labute approximate surface area is 128 Å². The second kappa shape index (κ2) is 6.64. The first-order valence-electron chi connectivity index (χ1n) is 6.05. The van der Waals surface area contributed by atoms with Crippen molar-refractivity contribution >= 4 is 21.6 Å². The maximum Gasteiger partial charge on any atom is 0.276 e. The van der Waals surface area contributed by atoms with Crippen LogP contribution in [0.3, 0.4) is 0 Å². The van der Waals surface area contributed by atoms with Gasteiger partial charge in [-0.15, -0.1) is 0 Å². The summed E-state index contributed by atoms with van der Waals surface area (Å²) in [5.74, 6) is -0.0393. The molecule has 5 nitrogen and oxygen atoms in total. The molecule has 0 spiro atoms. The van der Waals surface area contributed by atoms with Crippen LogP contribution in [0.4, 0.5) is 10.1 Å². The summed E-state index contributed by atoms with van der Waals surface area (Å²) in [5.41, 5.74) is 6.45. The predicted octanol–water partition coefficient (Wildman–Crippen LogP) is 3.53. The highest BCUT2D eigenvalue weighted by atomic mass is 79.9. The Bertz CT molecular complexity index is 679. The largest absolute Gasteiger partial charge is 0.487 e. The lowest BCUT2D eigenvalue weighted by molar-refractivity contribution is -0.385. The first kappa shape index (κ1) is 15.4. The molecule has 21 heavy (non-hydrogen) atoms. The summed E-state index contributed by atoms with van der Waals surface area (Å²) >= 11 is 3.33. The molecule has 7 heteroatoms. The average Bonchev–Trinajstić information content (AvgIpc) is 2.45. The third-order valence-corrected chi connectivity index (χ3v) is 3.47. The van der Waals surface area contributed by atoms with E-state index in [9.17, 15) is 14.5 Å². The molecule has 0 radical (unpaired) electrons.